The lowest BCUT2D eigenvalue weighted by Gasteiger charge is -2.16. The molecule has 1 aromatic carbocycles. The maximum atomic E-state index is 12.0. The van der Waals surface area contributed by atoms with Crippen molar-refractivity contribution in [3.05, 3.63) is 47.2 Å². The van der Waals surface area contributed by atoms with Crippen LogP contribution in [0, 0.1) is 5.92 Å². The molecule has 0 fully saturated rings. The first-order valence-corrected chi connectivity index (χ1v) is 7.69. The molecule has 8 nitrogen and oxygen atoms in total. The number of carbonyl (C=O) groups is 3. The Morgan fingerprint density at radius 2 is 1.92 bits per heavy atom. The topological polar surface area (TPSA) is 141 Å². The maximum Gasteiger partial charge on any atom is 0.335 e. The van der Waals surface area contributed by atoms with E-state index in [1.165, 1.54) is 25.1 Å². The summed E-state index contributed by atoms with van der Waals surface area (Å²) in [5, 5.41) is 36.8. The Hall–Kier alpha value is -3.29. The van der Waals surface area contributed by atoms with Crippen LogP contribution >= 0.6 is 0 Å². The van der Waals surface area contributed by atoms with E-state index in [9.17, 15) is 24.6 Å². The lowest BCUT2D eigenvalue weighted by Crippen LogP contribution is -2.21. The van der Waals surface area contributed by atoms with Crippen LogP contribution in [0.15, 0.2) is 41.7 Å². The van der Waals surface area contributed by atoms with Gasteiger partial charge in [0.2, 0.25) is 0 Å². The van der Waals surface area contributed by atoms with Crippen molar-refractivity contribution in [2.45, 2.75) is 19.8 Å². The van der Waals surface area contributed by atoms with Crippen molar-refractivity contribution in [2.75, 3.05) is 6.61 Å². The molecular weight excluding hydrogens is 344 g/mol. The fourth-order valence-corrected chi connectivity index (χ4v) is 2.29. The second kappa shape index (κ2) is 9.87. The Labute approximate surface area is 149 Å². The van der Waals surface area contributed by atoms with Gasteiger partial charge in [-0.2, -0.15) is 0 Å². The number of carboxylic acids is 1. The number of ether oxygens (including phenoxy) is 1. The highest BCUT2D eigenvalue weighted by atomic mass is 16.5. The summed E-state index contributed by atoms with van der Waals surface area (Å²) in [5.41, 5.74) is 0.159. The van der Waals surface area contributed by atoms with Gasteiger partial charge in [-0.05, 0) is 30.2 Å². The van der Waals surface area contributed by atoms with Gasteiger partial charge in [-0.1, -0.05) is 12.1 Å². The van der Waals surface area contributed by atoms with E-state index in [2.05, 4.69) is 0 Å². The van der Waals surface area contributed by atoms with Crippen molar-refractivity contribution in [3.63, 3.8) is 0 Å². The molecule has 0 aliphatic carbocycles. The van der Waals surface area contributed by atoms with Crippen LogP contribution in [0.5, 0.6) is 11.5 Å². The molecule has 0 bridgehead atoms. The third-order valence-corrected chi connectivity index (χ3v) is 3.70. The van der Waals surface area contributed by atoms with Gasteiger partial charge in [0, 0.05) is 12.3 Å². The van der Waals surface area contributed by atoms with Gasteiger partial charge in [0.1, 0.15) is 6.29 Å². The van der Waals surface area contributed by atoms with Crippen LogP contribution < -0.4 is 0 Å². The zero-order valence-corrected chi connectivity index (χ0v) is 14.1. The summed E-state index contributed by atoms with van der Waals surface area (Å²) in [6, 6.07) is 4.18. The number of carbonyl (C=O) groups excluding carboxylic acids is 2. The van der Waals surface area contributed by atoms with E-state index in [1.54, 1.807) is 6.07 Å². The quantitative estimate of drug-likeness (QED) is 0.171. The molecular formula is C18H20O8. The van der Waals surface area contributed by atoms with Crippen molar-refractivity contribution in [3.8, 4) is 11.5 Å². The molecule has 0 saturated carbocycles. The van der Waals surface area contributed by atoms with Gasteiger partial charge in [-0.15, -0.1) is 0 Å². The normalized spacial score (nSPS) is 13.1. The second-order valence-corrected chi connectivity index (χ2v) is 5.35. The van der Waals surface area contributed by atoms with Gasteiger partial charge in [-0.3, -0.25) is 9.59 Å². The number of aliphatic hydroxyl groups is 1. The molecule has 140 valence electrons. The molecule has 0 aliphatic heterocycles. The zero-order valence-electron chi connectivity index (χ0n) is 14.1. The van der Waals surface area contributed by atoms with Gasteiger partial charge in [0.15, 0.2) is 11.5 Å². The standard InChI is InChI=1S/C18H20O8/c1-2-12(9-19)13(14(10-20)18(24)25)8-17(23)26-6-5-11-3-4-15(21)16(22)7-11/h2-4,7,9-10,13,20-22H,5-6,8H2,1H3,(H,24,25)/b12-2-,14-10+/t13-/m1/s1. The van der Waals surface area contributed by atoms with Crippen molar-refractivity contribution in [1.82, 2.24) is 0 Å². The predicted molar refractivity (Wildman–Crippen MR) is 90.7 cm³/mol. The second-order valence-electron chi connectivity index (χ2n) is 5.35. The molecule has 26 heavy (non-hydrogen) atoms. The maximum absolute atomic E-state index is 12.0. The van der Waals surface area contributed by atoms with Crippen LogP contribution in [0.2, 0.25) is 0 Å². The predicted octanol–water partition coefficient (Wildman–Crippen LogP) is 1.86. The van der Waals surface area contributed by atoms with Gasteiger partial charge in [0.25, 0.3) is 0 Å². The minimum atomic E-state index is -1.45. The lowest BCUT2D eigenvalue weighted by molar-refractivity contribution is -0.144. The van der Waals surface area contributed by atoms with Crippen LogP contribution in [0.25, 0.3) is 0 Å². The van der Waals surface area contributed by atoms with E-state index in [0.717, 1.165) is 0 Å². The number of allylic oxidation sites excluding steroid dienone is 2. The van der Waals surface area contributed by atoms with Crippen molar-refractivity contribution < 1.29 is 39.5 Å². The highest BCUT2D eigenvalue weighted by molar-refractivity contribution is 5.91. The third-order valence-electron chi connectivity index (χ3n) is 3.70. The fourth-order valence-electron chi connectivity index (χ4n) is 2.29. The first kappa shape index (κ1) is 20.8. The molecule has 0 saturated heterocycles. The molecule has 1 rings (SSSR count). The van der Waals surface area contributed by atoms with Gasteiger partial charge in [-0.25, -0.2) is 4.79 Å². The summed E-state index contributed by atoms with van der Waals surface area (Å²) in [4.78, 5) is 34.3. The monoisotopic (exact) mass is 364 g/mol. The van der Waals surface area contributed by atoms with Crippen molar-refractivity contribution in [1.29, 1.82) is 0 Å². The molecule has 0 radical (unpaired) electrons. The average molecular weight is 364 g/mol. The van der Waals surface area contributed by atoms with Crippen LogP contribution in [0.4, 0.5) is 0 Å². The molecule has 0 amide bonds. The van der Waals surface area contributed by atoms with E-state index in [0.29, 0.717) is 18.1 Å². The number of aliphatic carboxylic acids is 1. The van der Waals surface area contributed by atoms with E-state index in [1.807, 2.05) is 0 Å². The molecule has 0 unspecified atom stereocenters. The summed E-state index contributed by atoms with van der Waals surface area (Å²) < 4.78 is 5.03. The molecule has 1 aromatic rings. The summed E-state index contributed by atoms with van der Waals surface area (Å²) in [7, 11) is 0. The average Bonchev–Trinajstić information content (AvgIpc) is 2.59. The molecule has 0 spiro atoms. The van der Waals surface area contributed by atoms with Crippen molar-refractivity contribution >= 4 is 18.2 Å². The number of carboxylic acid groups (broad SMARTS) is 1. The number of aldehydes is 1. The number of aliphatic hydroxyl groups excluding tert-OH is 1. The van der Waals surface area contributed by atoms with Crippen LogP contribution in [-0.4, -0.2) is 45.3 Å². The van der Waals surface area contributed by atoms with Crippen LogP contribution in [0.3, 0.4) is 0 Å². The number of hydrogen-bond acceptors (Lipinski definition) is 7. The number of aromatic hydroxyl groups is 2. The molecule has 0 heterocycles. The number of phenols is 2. The van der Waals surface area contributed by atoms with E-state index < -0.39 is 29.9 Å². The Morgan fingerprint density at radius 1 is 1.23 bits per heavy atom. The number of phenolic OH excluding ortho intramolecular Hbond substituents is 2. The summed E-state index contributed by atoms with van der Waals surface area (Å²) >= 11 is 0. The highest BCUT2D eigenvalue weighted by Gasteiger charge is 2.27. The smallest absolute Gasteiger partial charge is 0.335 e. The number of benzene rings is 1. The molecule has 0 aliphatic rings. The van der Waals surface area contributed by atoms with Gasteiger partial charge < -0.3 is 25.2 Å². The van der Waals surface area contributed by atoms with E-state index >= 15 is 0 Å². The molecule has 8 heteroatoms. The number of rotatable bonds is 9. The number of esters is 1. The van der Waals surface area contributed by atoms with Crippen LogP contribution in [0.1, 0.15) is 18.9 Å². The largest absolute Gasteiger partial charge is 0.515 e. The van der Waals surface area contributed by atoms with Crippen molar-refractivity contribution in [2.24, 2.45) is 5.92 Å². The Kier molecular flexibility index (Phi) is 7.88. The minimum Gasteiger partial charge on any atom is -0.515 e. The molecule has 4 N–H and O–H groups in total. The number of hydrogen-bond donors (Lipinski definition) is 4. The SMILES string of the molecule is C/C=C(/C=O)[C@@H](CC(=O)OCCc1ccc(O)c(O)c1)/C(=C\O)C(=O)O. The summed E-state index contributed by atoms with van der Waals surface area (Å²) in [5.74, 6) is -3.90. The molecule has 0 aromatic heterocycles. The van der Waals surface area contributed by atoms with Gasteiger partial charge >= 0.3 is 11.9 Å². The fraction of sp³-hybridized carbons (Fsp3) is 0.278. The summed E-state index contributed by atoms with van der Waals surface area (Å²) in [6.45, 7) is 1.46. The van der Waals surface area contributed by atoms with Crippen LogP contribution in [-0.2, 0) is 25.5 Å². The first-order chi connectivity index (χ1) is 12.3. The van der Waals surface area contributed by atoms with E-state index in [-0.39, 0.29) is 30.1 Å². The minimum absolute atomic E-state index is 0.0353. The molecule has 1 atom stereocenters. The first-order valence-electron chi connectivity index (χ1n) is 7.69. The highest BCUT2D eigenvalue weighted by Crippen LogP contribution is 2.26. The Morgan fingerprint density at radius 3 is 2.42 bits per heavy atom. The summed E-state index contributed by atoms with van der Waals surface area (Å²) in [6.07, 6.45) is 1.96. The zero-order chi connectivity index (χ0) is 19.7. The Bertz CT molecular complexity index is 733. The Balaban J connectivity index is 2.73. The third kappa shape index (κ3) is 5.66. The lowest BCUT2D eigenvalue weighted by atomic mass is 9.89. The van der Waals surface area contributed by atoms with E-state index in [4.69, 9.17) is 14.9 Å². The van der Waals surface area contributed by atoms with Gasteiger partial charge in [0.05, 0.1) is 24.9 Å².